The Hall–Kier alpha value is -3.40. The Morgan fingerprint density at radius 1 is 1.21 bits per heavy atom. The van der Waals surface area contributed by atoms with E-state index in [-0.39, 0.29) is 12.1 Å². The average Bonchev–Trinajstić information content (AvgIpc) is 3.06. The first-order valence-electron chi connectivity index (χ1n) is 8.92. The number of nitrogens with zero attached hydrogens (tertiary/aromatic N) is 1. The van der Waals surface area contributed by atoms with E-state index in [9.17, 15) is 18.0 Å². The van der Waals surface area contributed by atoms with E-state index >= 15 is 0 Å². The molecule has 4 nitrogen and oxygen atoms in total. The monoisotopic (exact) mass is 401 g/mol. The fourth-order valence-corrected chi connectivity index (χ4v) is 2.84. The molecule has 3 aromatic rings. The Morgan fingerprint density at radius 2 is 2.00 bits per heavy atom. The number of carboxylic acid groups (broad SMARTS) is 1. The predicted octanol–water partition coefficient (Wildman–Crippen LogP) is 4.95. The van der Waals surface area contributed by atoms with E-state index in [0.717, 1.165) is 17.5 Å². The highest BCUT2D eigenvalue weighted by atomic mass is 19.4. The molecule has 1 heterocycles. The van der Waals surface area contributed by atoms with Gasteiger partial charge in [0.2, 0.25) is 0 Å². The van der Waals surface area contributed by atoms with Crippen LogP contribution < -0.4 is 4.74 Å². The van der Waals surface area contributed by atoms with E-state index in [1.807, 2.05) is 19.1 Å². The van der Waals surface area contributed by atoms with E-state index in [0.29, 0.717) is 17.7 Å². The molecule has 1 unspecified atom stereocenters. The number of ether oxygens (including phenoxy) is 1. The summed E-state index contributed by atoms with van der Waals surface area (Å²) in [5.74, 6) is 5.16. The Bertz CT molecular complexity index is 1090. The molecule has 0 fully saturated rings. The van der Waals surface area contributed by atoms with Crippen molar-refractivity contribution >= 4 is 16.9 Å². The standard InChI is InChI=1S/C22H18F3NO3/c1-2-18(8-6-15-4-3-5-17(12-15)22(23,24)25)29-19-9-7-16-10-11-26(14-21(27)28)20(16)13-19/h3-5,7,9-13,18H,2,14H2,1H3,(H,27,28). The number of aliphatic carboxylic acids is 1. The van der Waals surface area contributed by atoms with Gasteiger partial charge in [-0.1, -0.05) is 24.8 Å². The Morgan fingerprint density at radius 3 is 2.69 bits per heavy atom. The van der Waals surface area contributed by atoms with Crippen molar-refractivity contribution in [3.05, 3.63) is 65.9 Å². The number of hydrogen-bond acceptors (Lipinski definition) is 2. The number of alkyl halides is 3. The molecule has 0 aliphatic rings. The van der Waals surface area contributed by atoms with Gasteiger partial charge in [-0.25, -0.2) is 0 Å². The lowest BCUT2D eigenvalue weighted by Gasteiger charge is -2.12. The van der Waals surface area contributed by atoms with Crippen LogP contribution >= 0.6 is 0 Å². The summed E-state index contributed by atoms with van der Waals surface area (Å²) in [5.41, 5.74) is 0.223. The van der Waals surface area contributed by atoms with Crippen LogP contribution in [0, 0.1) is 11.8 Å². The lowest BCUT2D eigenvalue weighted by atomic mass is 10.1. The van der Waals surface area contributed by atoms with Crippen LogP contribution in [0.15, 0.2) is 54.7 Å². The van der Waals surface area contributed by atoms with Crippen molar-refractivity contribution in [3.8, 4) is 17.6 Å². The van der Waals surface area contributed by atoms with Crippen molar-refractivity contribution in [2.45, 2.75) is 32.2 Å². The first kappa shape index (κ1) is 20.3. The number of rotatable bonds is 5. The number of aromatic nitrogens is 1. The van der Waals surface area contributed by atoms with Crippen LogP contribution in [0.1, 0.15) is 24.5 Å². The van der Waals surface area contributed by atoms with Gasteiger partial charge in [-0.2, -0.15) is 13.2 Å². The van der Waals surface area contributed by atoms with Crippen LogP contribution in [0.2, 0.25) is 0 Å². The molecule has 0 saturated carbocycles. The largest absolute Gasteiger partial charge is 0.480 e. The van der Waals surface area contributed by atoms with Crippen LogP contribution in [-0.2, 0) is 17.5 Å². The van der Waals surface area contributed by atoms with E-state index in [4.69, 9.17) is 9.84 Å². The highest BCUT2D eigenvalue weighted by molar-refractivity contribution is 5.83. The fraction of sp³-hybridized carbons (Fsp3) is 0.227. The molecule has 29 heavy (non-hydrogen) atoms. The highest BCUT2D eigenvalue weighted by Gasteiger charge is 2.30. The number of fused-ring (bicyclic) bond motifs is 1. The molecule has 0 spiro atoms. The maximum Gasteiger partial charge on any atom is 0.416 e. The van der Waals surface area contributed by atoms with Gasteiger partial charge in [0.15, 0.2) is 6.10 Å². The number of carbonyl (C=O) groups is 1. The highest BCUT2D eigenvalue weighted by Crippen LogP contribution is 2.29. The molecule has 0 saturated heterocycles. The summed E-state index contributed by atoms with van der Waals surface area (Å²) in [6, 6.07) is 11.9. The Balaban J connectivity index is 1.80. The van der Waals surface area contributed by atoms with E-state index in [2.05, 4.69) is 11.8 Å². The molecule has 1 aromatic heterocycles. The Labute approximate surface area is 165 Å². The Kier molecular flexibility index (Phi) is 5.83. The number of carboxylic acids is 1. The second-order valence-corrected chi connectivity index (χ2v) is 6.42. The molecule has 7 heteroatoms. The van der Waals surface area contributed by atoms with Gasteiger partial charge in [0.05, 0.1) is 11.1 Å². The quantitative estimate of drug-likeness (QED) is 0.616. The fourth-order valence-electron chi connectivity index (χ4n) is 2.84. The van der Waals surface area contributed by atoms with Crippen LogP contribution in [0.25, 0.3) is 10.9 Å². The van der Waals surface area contributed by atoms with Gasteiger partial charge in [-0.3, -0.25) is 4.79 Å². The second-order valence-electron chi connectivity index (χ2n) is 6.42. The van der Waals surface area contributed by atoms with Crippen LogP contribution in [0.3, 0.4) is 0 Å². The molecule has 0 amide bonds. The van der Waals surface area contributed by atoms with E-state index < -0.39 is 23.8 Å². The number of halogens is 3. The maximum absolute atomic E-state index is 12.8. The summed E-state index contributed by atoms with van der Waals surface area (Å²) in [5, 5.41) is 9.88. The van der Waals surface area contributed by atoms with Gasteiger partial charge in [-0.15, -0.1) is 0 Å². The molecule has 1 atom stereocenters. The zero-order chi connectivity index (χ0) is 21.0. The summed E-state index contributed by atoms with van der Waals surface area (Å²) in [4.78, 5) is 11.0. The van der Waals surface area contributed by atoms with Crippen LogP contribution in [-0.4, -0.2) is 21.7 Å². The first-order valence-corrected chi connectivity index (χ1v) is 8.92. The average molecular weight is 401 g/mol. The third-order valence-electron chi connectivity index (χ3n) is 4.27. The first-order chi connectivity index (χ1) is 13.8. The van der Waals surface area contributed by atoms with Gasteiger partial charge in [0.1, 0.15) is 12.3 Å². The topological polar surface area (TPSA) is 51.5 Å². The molecule has 150 valence electrons. The number of hydrogen-bond donors (Lipinski definition) is 1. The molecule has 3 rings (SSSR count). The zero-order valence-corrected chi connectivity index (χ0v) is 15.5. The van der Waals surface area contributed by atoms with Gasteiger partial charge in [-0.05, 0) is 48.2 Å². The lowest BCUT2D eigenvalue weighted by Crippen LogP contribution is -2.13. The second kappa shape index (κ2) is 8.31. The normalized spacial score (nSPS) is 12.3. The third kappa shape index (κ3) is 5.11. The van der Waals surface area contributed by atoms with Crippen molar-refractivity contribution in [2.75, 3.05) is 0 Å². The van der Waals surface area contributed by atoms with E-state index in [1.54, 1.807) is 22.9 Å². The molecular formula is C22H18F3NO3. The van der Waals surface area contributed by atoms with Crippen molar-refractivity contribution < 1.29 is 27.8 Å². The summed E-state index contributed by atoms with van der Waals surface area (Å²) >= 11 is 0. The summed E-state index contributed by atoms with van der Waals surface area (Å²) in [7, 11) is 0. The SMILES string of the molecule is CCC(C#Cc1cccc(C(F)(F)F)c1)Oc1ccc2ccn(CC(=O)O)c2c1. The van der Waals surface area contributed by atoms with Crippen molar-refractivity contribution in [1.82, 2.24) is 4.57 Å². The molecule has 0 radical (unpaired) electrons. The van der Waals surface area contributed by atoms with Crippen molar-refractivity contribution in [2.24, 2.45) is 0 Å². The molecular weight excluding hydrogens is 383 g/mol. The van der Waals surface area contributed by atoms with Gasteiger partial charge < -0.3 is 14.4 Å². The summed E-state index contributed by atoms with van der Waals surface area (Å²) in [6.45, 7) is 1.69. The molecule has 1 N–H and O–H groups in total. The number of benzene rings is 2. The third-order valence-corrected chi connectivity index (χ3v) is 4.27. The minimum atomic E-state index is -4.42. The van der Waals surface area contributed by atoms with E-state index in [1.165, 1.54) is 12.1 Å². The summed E-state index contributed by atoms with van der Waals surface area (Å²) < 4.78 is 45.9. The van der Waals surface area contributed by atoms with Gasteiger partial charge in [0.25, 0.3) is 0 Å². The molecule has 0 bridgehead atoms. The van der Waals surface area contributed by atoms with Crippen LogP contribution in [0.5, 0.6) is 5.75 Å². The molecule has 0 aliphatic carbocycles. The smallest absolute Gasteiger partial charge is 0.416 e. The zero-order valence-electron chi connectivity index (χ0n) is 15.5. The van der Waals surface area contributed by atoms with Crippen LogP contribution in [0.4, 0.5) is 13.2 Å². The maximum atomic E-state index is 12.8. The minimum absolute atomic E-state index is 0.167. The predicted molar refractivity (Wildman–Crippen MR) is 103 cm³/mol. The van der Waals surface area contributed by atoms with Gasteiger partial charge in [0, 0.05) is 17.8 Å². The van der Waals surface area contributed by atoms with Gasteiger partial charge >= 0.3 is 12.1 Å². The van der Waals surface area contributed by atoms with Crippen molar-refractivity contribution in [3.63, 3.8) is 0 Å². The molecule has 2 aromatic carbocycles. The lowest BCUT2D eigenvalue weighted by molar-refractivity contribution is -0.138. The minimum Gasteiger partial charge on any atom is -0.480 e. The van der Waals surface area contributed by atoms with Crippen molar-refractivity contribution in [1.29, 1.82) is 0 Å². The molecule has 0 aliphatic heterocycles. The summed E-state index contributed by atoms with van der Waals surface area (Å²) in [6.07, 6.45) is -2.73.